The molecule has 1 aromatic heterocycles. The topological polar surface area (TPSA) is 90.5 Å². The van der Waals surface area contributed by atoms with Crippen molar-refractivity contribution in [2.75, 3.05) is 5.32 Å². The number of amides is 1. The lowest BCUT2D eigenvalue weighted by Crippen LogP contribution is -2.34. The van der Waals surface area contributed by atoms with Gasteiger partial charge in [-0.1, -0.05) is 29.8 Å². The van der Waals surface area contributed by atoms with Gasteiger partial charge in [0.05, 0.1) is 5.52 Å². The second kappa shape index (κ2) is 7.49. The van der Waals surface area contributed by atoms with Gasteiger partial charge in [0.2, 0.25) is 0 Å². The number of rotatable bonds is 5. The summed E-state index contributed by atoms with van der Waals surface area (Å²) in [6.07, 6.45) is -1.02. The number of aromatic nitrogens is 1. The predicted octanol–water partition coefficient (Wildman–Crippen LogP) is 3.03. The number of para-hydroxylation sites is 2. The van der Waals surface area contributed by atoms with Crippen LogP contribution in [0.1, 0.15) is 25.5 Å². The Labute approximate surface area is 155 Å². The van der Waals surface area contributed by atoms with Crippen LogP contribution in [0.25, 0.3) is 11.1 Å². The first-order valence-electron chi connectivity index (χ1n) is 8.55. The fraction of sp³-hybridized carbons (Fsp3) is 0.250. The molecular weight excluding hydrogens is 348 g/mol. The molecule has 2 aromatic carbocycles. The van der Waals surface area contributed by atoms with Crippen molar-refractivity contribution in [3.63, 3.8) is 0 Å². The zero-order valence-electron chi connectivity index (χ0n) is 15.3. The smallest absolute Gasteiger partial charge is 0.420 e. The van der Waals surface area contributed by atoms with Gasteiger partial charge in [0.1, 0.15) is 6.04 Å². The number of carbonyl (C=O) groups is 2. The van der Waals surface area contributed by atoms with Gasteiger partial charge in [-0.25, -0.2) is 9.59 Å². The van der Waals surface area contributed by atoms with Crippen LogP contribution >= 0.6 is 0 Å². The highest BCUT2D eigenvalue weighted by Gasteiger charge is 2.26. The van der Waals surface area contributed by atoms with Gasteiger partial charge >= 0.3 is 11.7 Å². The molecule has 1 heterocycles. The quantitative estimate of drug-likeness (QED) is 0.699. The van der Waals surface area contributed by atoms with E-state index in [1.807, 2.05) is 19.1 Å². The van der Waals surface area contributed by atoms with Gasteiger partial charge in [-0.3, -0.25) is 9.36 Å². The molecule has 3 rings (SSSR count). The number of benzene rings is 2. The number of oxazole rings is 1. The largest absolute Gasteiger partial charge is 0.451 e. The molecule has 3 aromatic rings. The Balaban J connectivity index is 1.70. The van der Waals surface area contributed by atoms with Crippen molar-refractivity contribution in [1.82, 2.24) is 4.57 Å². The fourth-order valence-corrected chi connectivity index (χ4v) is 2.66. The first kappa shape index (κ1) is 18.4. The summed E-state index contributed by atoms with van der Waals surface area (Å²) < 4.78 is 11.6. The summed E-state index contributed by atoms with van der Waals surface area (Å²) in [5, 5.41) is 2.69. The van der Waals surface area contributed by atoms with Gasteiger partial charge in [0, 0.05) is 5.69 Å². The first-order valence-corrected chi connectivity index (χ1v) is 8.55. The van der Waals surface area contributed by atoms with E-state index in [0.29, 0.717) is 16.8 Å². The fourth-order valence-electron chi connectivity index (χ4n) is 2.66. The second-order valence-corrected chi connectivity index (χ2v) is 6.32. The monoisotopic (exact) mass is 368 g/mol. The van der Waals surface area contributed by atoms with Crippen LogP contribution in [0.15, 0.2) is 57.7 Å². The molecule has 0 saturated carbocycles. The average Bonchev–Trinajstić information content (AvgIpc) is 2.98. The molecule has 0 bridgehead atoms. The molecule has 0 aliphatic heterocycles. The van der Waals surface area contributed by atoms with E-state index in [4.69, 9.17) is 9.15 Å². The maximum absolute atomic E-state index is 12.4. The van der Waals surface area contributed by atoms with Crippen LogP contribution < -0.4 is 11.1 Å². The van der Waals surface area contributed by atoms with Crippen LogP contribution in [-0.2, 0) is 14.3 Å². The summed E-state index contributed by atoms with van der Waals surface area (Å²) in [5.41, 5.74) is 2.55. The Kier molecular flexibility index (Phi) is 5.12. The molecule has 140 valence electrons. The van der Waals surface area contributed by atoms with E-state index in [1.54, 1.807) is 36.4 Å². The SMILES string of the molecule is Cc1ccc(NC(=O)[C@@H](C)OC(=O)[C@@H](C)n2c(=O)oc3ccccc32)cc1. The maximum atomic E-state index is 12.4. The summed E-state index contributed by atoms with van der Waals surface area (Å²) in [6.45, 7) is 4.94. The second-order valence-electron chi connectivity index (χ2n) is 6.32. The van der Waals surface area contributed by atoms with Crippen LogP contribution in [0.4, 0.5) is 5.69 Å². The molecular formula is C20H20N2O5. The number of nitrogens with one attached hydrogen (secondary N) is 1. The maximum Gasteiger partial charge on any atom is 0.420 e. The summed E-state index contributed by atoms with van der Waals surface area (Å²) >= 11 is 0. The summed E-state index contributed by atoms with van der Waals surface area (Å²) in [7, 11) is 0. The van der Waals surface area contributed by atoms with E-state index in [0.717, 1.165) is 5.56 Å². The predicted molar refractivity (Wildman–Crippen MR) is 101 cm³/mol. The number of fused-ring (bicyclic) bond motifs is 1. The minimum Gasteiger partial charge on any atom is -0.451 e. The molecule has 2 atom stereocenters. The third-order valence-corrected chi connectivity index (χ3v) is 4.23. The van der Waals surface area contributed by atoms with Crippen LogP contribution in [0.2, 0.25) is 0 Å². The molecule has 0 saturated heterocycles. The number of anilines is 1. The highest BCUT2D eigenvalue weighted by Crippen LogP contribution is 2.18. The van der Waals surface area contributed by atoms with E-state index in [-0.39, 0.29) is 0 Å². The number of hydrogen-bond donors (Lipinski definition) is 1. The minimum atomic E-state index is -1.02. The van der Waals surface area contributed by atoms with Gasteiger partial charge in [-0.2, -0.15) is 0 Å². The Hall–Kier alpha value is -3.35. The number of hydrogen-bond acceptors (Lipinski definition) is 5. The van der Waals surface area contributed by atoms with Crippen LogP contribution in [0.5, 0.6) is 0 Å². The minimum absolute atomic E-state index is 0.382. The molecule has 0 radical (unpaired) electrons. The van der Waals surface area contributed by atoms with Gasteiger partial charge in [-0.15, -0.1) is 0 Å². The van der Waals surface area contributed by atoms with Gasteiger partial charge in [0.15, 0.2) is 11.7 Å². The van der Waals surface area contributed by atoms with Gasteiger partial charge in [-0.05, 0) is 45.0 Å². The number of carbonyl (C=O) groups excluding carboxylic acids is 2. The Bertz CT molecular complexity index is 1030. The molecule has 0 aliphatic carbocycles. The molecule has 1 amide bonds. The van der Waals surface area contributed by atoms with Crippen LogP contribution in [0, 0.1) is 6.92 Å². The Morgan fingerprint density at radius 1 is 1.07 bits per heavy atom. The lowest BCUT2D eigenvalue weighted by Gasteiger charge is -2.17. The third kappa shape index (κ3) is 3.92. The van der Waals surface area contributed by atoms with Crippen molar-refractivity contribution in [2.45, 2.75) is 32.9 Å². The lowest BCUT2D eigenvalue weighted by atomic mass is 10.2. The summed E-state index contributed by atoms with van der Waals surface area (Å²) in [6, 6.07) is 13.1. The van der Waals surface area contributed by atoms with Gasteiger partial charge in [0.25, 0.3) is 5.91 Å². The van der Waals surface area contributed by atoms with Crippen LogP contribution in [0.3, 0.4) is 0 Å². The van der Waals surface area contributed by atoms with E-state index < -0.39 is 29.8 Å². The van der Waals surface area contributed by atoms with E-state index >= 15 is 0 Å². The number of esters is 1. The molecule has 27 heavy (non-hydrogen) atoms. The highest BCUT2D eigenvalue weighted by atomic mass is 16.5. The van der Waals surface area contributed by atoms with Crippen molar-refractivity contribution in [3.8, 4) is 0 Å². The number of nitrogens with zero attached hydrogens (tertiary/aromatic N) is 1. The van der Waals surface area contributed by atoms with Crippen LogP contribution in [-0.4, -0.2) is 22.5 Å². The van der Waals surface area contributed by atoms with Crippen molar-refractivity contribution in [1.29, 1.82) is 0 Å². The van der Waals surface area contributed by atoms with Crippen molar-refractivity contribution in [3.05, 3.63) is 64.6 Å². The van der Waals surface area contributed by atoms with Crippen molar-refractivity contribution < 1.29 is 18.7 Å². The standard InChI is InChI=1S/C20H20N2O5/c1-12-8-10-15(11-9-12)21-18(23)14(3)26-19(24)13(2)22-16-6-4-5-7-17(16)27-20(22)25/h4-11,13-14H,1-3H3,(H,21,23)/t13-,14-/m1/s1. The zero-order valence-corrected chi connectivity index (χ0v) is 15.3. The lowest BCUT2D eigenvalue weighted by molar-refractivity contribution is -0.156. The molecule has 0 spiro atoms. The normalized spacial score (nSPS) is 13.1. The molecule has 0 fully saturated rings. The molecule has 0 aliphatic rings. The number of ether oxygens (including phenoxy) is 1. The summed E-state index contributed by atoms with van der Waals surface area (Å²) in [5.74, 6) is -1.81. The summed E-state index contributed by atoms with van der Waals surface area (Å²) in [4.78, 5) is 36.8. The average molecular weight is 368 g/mol. The Morgan fingerprint density at radius 2 is 1.74 bits per heavy atom. The molecule has 1 N–H and O–H groups in total. The van der Waals surface area contributed by atoms with E-state index in [9.17, 15) is 14.4 Å². The van der Waals surface area contributed by atoms with E-state index in [2.05, 4.69) is 5.32 Å². The molecule has 7 heteroatoms. The van der Waals surface area contributed by atoms with Crippen molar-refractivity contribution >= 4 is 28.7 Å². The zero-order chi connectivity index (χ0) is 19.6. The van der Waals surface area contributed by atoms with Gasteiger partial charge < -0.3 is 14.5 Å². The van der Waals surface area contributed by atoms with E-state index in [1.165, 1.54) is 18.4 Å². The molecule has 7 nitrogen and oxygen atoms in total. The first-order chi connectivity index (χ1) is 12.9. The number of aryl methyl sites for hydroxylation is 1. The molecule has 0 unspecified atom stereocenters. The van der Waals surface area contributed by atoms with Crippen molar-refractivity contribution in [2.24, 2.45) is 0 Å². The highest BCUT2D eigenvalue weighted by molar-refractivity contribution is 5.95. The third-order valence-electron chi connectivity index (χ3n) is 4.23. The Morgan fingerprint density at radius 3 is 2.44 bits per heavy atom.